The first kappa shape index (κ1) is 34.0. The molecule has 2 unspecified atom stereocenters. The number of nitrogens with one attached hydrogen (secondary N) is 3. The number of anilines is 5. The molecule has 256 valence electrons. The van der Waals surface area contributed by atoms with Crippen LogP contribution < -0.4 is 16.0 Å². The van der Waals surface area contributed by atoms with E-state index in [0.717, 1.165) is 69.8 Å². The topological polar surface area (TPSA) is 62.4 Å². The van der Waals surface area contributed by atoms with Crippen LogP contribution in [0.2, 0.25) is 0 Å². The van der Waals surface area contributed by atoms with Crippen LogP contribution in [-0.2, 0) is 9.53 Å². The number of para-hydroxylation sites is 2. The fraction of sp³-hybridized carbons (Fsp3) is 0.178. The molecule has 6 aromatic rings. The Hall–Kier alpha value is -5.46. The van der Waals surface area contributed by atoms with Crippen molar-refractivity contribution in [1.82, 2.24) is 0 Å². The molecule has 0 heterocycles. The molecule has 1 aliphatic carbocycles. The summed E-state index contributed by atoms with van der Waals surface area (Å²) in [5.41, 5.74) is 9.18. The number of ether oxygens (including phenoxy) is 1. The molecule has 6 heteroatoms. The van der Waals surface area contributed by atoms with Gasteiger partial charge in [0.1, 0.15) is 6.10 Å². The molecule has 7 rings (SSSR count). The summed E-state index contributed by atoms with van der Waals surface area (Å²) >= 11 is 4.77. The Morgan fingerprint density at radius 2 is 1.24 bits per heavy atom. The number of fused-ring (bicyclic) bond motifs is 1. The van der Waals surface area contributed by atoms with Crippen LogP contribution in [0.4, 0.5) is 28.4 Å². The Labute approximate surface area is 306 Å². The normalized spacial score (nSPS) is 15.7. The number of hydrogen-bond acceptors (Lipinski definition) is 6. The average molecular weight is 690 g/mol. The number of benzene rings is 6. The van der Waals surface area contributed by atoms with Gasteiger partial charge >= 0.3 is 5.97 Å². The third-order valence-corrected chi connectivity index (χ3v) is 9.89. The molecule has 2 atom stereocenters. The summed E-state index contributed by atoms with van der Waals surface area (Å²) in [6, 6.07) is 48.8. The standard InChI is InChI=1S/C45H43N3O2S/c1-30(2)45(49)50-43-16-10-9-15-42(43)48-41-28-27-39(38-26-25-37(51)29-40(38)41)44(31-17-21-35(22-18-31)46-33-11-5-3-6-12-33)32-19-23-36(24-20-32)47-34-13-7-4-8-14-34/h3-8,11-14,17-29,42-44,46-48,51H,1,9-10,15-16H2,2H3. The van der Waals surface area contributed by atoms with Gasteiger partial charge in [-0.05, 0) is 115 Å². The number of esters is 1. The van der Waals surface area contributed by atoms with Crippen molar-refractivity contribution in [2.75, 3.05) is 16.0 Å². The summed E-state index contributed by atoms with van der Waals surface area (Å²) in [7, 11) is 0. The second kappa shape index (κ2) is 15.6. The average Bonchev–Trinajstić information content (AvgIpc) is 3.15. The highest BCUT2D eigenvalue weighted by Gasteiger charge is 2.29. The summed E-state index contributed by atoms with van der Waals surface area (Å²) in [6.07, 6.45) is 3.66. The van der Waals surface area contributed by atoms with Gasteiger partial charge in [-0.15, -0.1) is 12.6 Å². The molecule has 0 saturated heterocycles. The van der Waals surface area contributed by atoms with Crippen LogP contribution in [0.1, 0.15) is 55.2 Å². The minimum atomic E-state index is -0.329. The molecule has 0 aliphatic heterocycles. The summed E-state index contributed by atoms with van der Waals surface area (Å²) in [5, 5.41) is 13.1. The van der Waals surface area contributed by atoms with Gasteiger partial charge < -0.3 is 20.7 Å². The summed E-state index contributed by atoms with van der Waals surface area (Å²) in [5.74, 6) is -0.368. The van der Waals surface area contributed by atoms with Gasteiger partial charge in [0.2, 0.25) is 0 Å². The zero-order valence-corrected chi connectivity index (χ0v) is 29.7. The molecule has 1 aliphatic rings. The molecule has 0 amide bonds. The van der Waals surface area contributed by atoms with E-state index in [9.17, 15) is 4.79 Å². The van der Waals surface area contributed by atoms with E-state index in [-0.39, 0.29) is 24.0 Å². The third kappa shape index (κ3) is 8.13. The maximum Gasteiger partial charge on any atom is 0.333 e. The van der Waals surface area contributed by atoms with E-state index in [1.807, 2.05) is 36.4 Å². The third-order valence-electron chi connectivity index (χ3n) is 9.61. The van der Waals surface area contributed by atoms with Gasteiger partial charge in [-0.1, -0.05) is 85.8 Å². The zero-order valence-electron chi connectivity index (χ0n) is 28.8. The summed E-state index contributed by atoms with van der Waals surface area (Å²) in [6.45, 7) is 5.49. The van der Waals surface area contributed by atoms with E-state index in [0.29, 0.717) is 5.57 Å². The van der Waals surface area contributed by atoms with Crippen molar-refractivity contribution >= 4 is 57.8 Å². The zero-order chi connectivity index (χ0) is 35.2. The molecule has 0 spiro atoms. The van der Waals surface area contributed by atoms with E-state index in [1.165, 1.54) is 16.7 Å². The first-order chi connectivity index (χ1) is 24.9. The molecular formula is C45H43N3O2S. The first-order valence-electron chi connectivity index (χ1n) is 17.6. The smallest absolute Gasteiger partial charge is 0.333 e. The molecule has 1 saturated carbocycles. The minimum absolute atomic E-state index is 0.00443. The highest BCUT2D eigenvalue weighted by molar-refractivity contribution is 7.80. The number of rotatable bonds is 11. The molecule has 6 aromatic carbocycles. The Kier molecular flexibility index (Phi) is 10.4. The monoisotopic (exact) mass is 689 g/mol. The Morgan fingerprint density at radius 1 is 0.686 bits per heavy atom. The SMILES string of the molecule is C=C(C)C(=O)OC1CCCCC1Nc1ccc(C(c2ccc(Nc3ccccc3)cc2)c2ccc(Nc3ccccc3)cc2)c2ccc(S)cc12. The number of carbonyl (C=O) groups is 1. The lowest BCUT2D eigenvalue weighted by Crippen LogP contribution is -2.40. The predicted molar refractivity (Wildman–Crippen MR) is 215 cm³/mol. The second-order valence-electron chi connectivity index (χ2n) is 13.4. The van der Waals surface area contributed by atoms with Crippen LogP contribution >= 0.6 is 12.6 Å². The fourth-order valence-electron chi connectivity index (χ4n) is 7.02. The van der Waals surface area contributed by atoms with Gasteiger partial charge in [0, 0.05) is 50.2 Å². The largest absolute Gasteiger partial charge is 0.457 e. The van der Waals surface area contributed by atoms with Gasteiger partial charge in [-0.3, -0.25) is 0 Å². The lowest BCUT2D eigenvalue weighted by atomic mass is 9.82. The Balaban J connectivity index is 1.26. The maximum absolute atomic E-state index is 12.5. The van der Waals surface area contributed by atoms with E-state index in [1.54, 1.807) is 6.92 Å². The summed E-state index contributed by atoms with van der Waals surface area (Å²) in [4.78, 5) is 13.4. The molecular weight excluding hydrogens is 647 g/mol. The minimum Gasteiger partial charge on any atom is -0.457 e. The van der Waals surface area contributed by atoms with Crippen molar-refractivity contribution in [1.29, 1.82) is 0 Å². The quantitative estimate of drug-likeness (QED) is 0.0472. The van der Waals surface area contributed by atoms with Gasteiger partial charge in [-0.2, -0.15) is 0 Å². The van der Waals surface area contributed by atoms with Crippen molar-refractivity contribution < 1.29 is 9.53 Å². The van der Waals surface area contributed by atoms with Crippen LogP contribution in [0.15, 0.2) is 157 Å². The molecule has 5 nitrogen and oxygen atoms in total. The molecule has 0 aromatic heterocycles. The lowest BCUT2D eigenvalue weighted by molar-refractivity contribution is -0.146. The van der Waals surface area contributed by atoms with Crippen LogP contribution in [0.3, 0.4) is 0 Å². The van der Waals surface area contributed by atoms with Crippen molar-refractivity contribution in [2.45, 2.75) is 55.6 Å². The van der Waals surface area contributed by atoms with Crippen molar-refractivity contribution in [2.24, 2.45) is 0 Å². The lowest BCUT2D eigenvalue weighted by Gasteiger charge is -2.33. The van der Waals surface area contributed by atoms with Crippen LogP contribution in [0.25, 0.3) is 10.8 Å². The molecule has 0 radical (unpaired) electrons. The molecule has 1 fully saturated rings. The number of thiol groups is 1. The molecule has 3 N–H and O–H groups in total. The van der Waals surface area contributed by atoms with Gasteiger partial charge in [0.15, 0.2) is 0 Å². The van der Waals surface area contributed by atoms with Crippen molar-refractivity contribution in [3.63, 3.8) is 0 Å². The Morgan fingerprint density at radius 3 is 1.80 bits per heavy atom. The highest BCUT2D eigenvalue weighted by atomic mass is 32.1. The van der Waals surface area contributed by atoms with Gasteiger partial charge in [0.25, 0.3) is 0 Å². The van der Waals surface area contributed by atoms with Gasteiger partial charge in [-0.25, -0.2) is 4.79 Å². The Bertz CT molecular complexity index is 2030. The van der Waals surface area contributed by atoms with Gasteiger partial charge in [0.05, 0.1) is 6.04 Å². The van der Waals surface area contributed by atoms with E-state index < -0.39 is 0 Å². The van der Waals surface area contributed by atoms with Crippen molar-refractivity contribution in [3.8, 4) is 0 Å². The van der Waals surface area contributed by atoms with Crippen LogP contribution in [0, 0.1) is 0 Å². The van der Waals surface area contributed by atoms with Crippen molar-refractivity contribution in [3.05, 3.63) is 168 Å². The second-order valence-corrected chi connectivity index (χ2v) is 13.9. The van der Waals surface area contributed by atoms with Crippen LogP contribution in [-0.4, -0.2) is 18.1 Å². The number of hydrogen-bond donors (Lipinski definition) is 4. The first-order valence-corrected chi connectivity index (χ1v) is 18.1. The molecule has 51 heavy (non-hydrogen) atoms. The van der Waals surface area contributed by atoms with E-state index in [2.05, 4.69) is 126 Å². The summed E-state index contributed by atoms with van der Waals surface area (Å²) < 4.78 is 5.92. The van der Waals surface area contributed by atoms with Crippen LogP contribution in [0.5, 0.6) is 0 Å². The number of carbonyl (C=O) groups excluding carboxylic acids is 1. The van der Waals surface area contributed by atoms with E-state index in [4.69, 9.17) is 17.4 Å². The maximum atomic E-state index is 12.5. The van der Waals surface area contributed by atoms with E-state index >= 15 is 0 Å². The highest BCUT2D eigenvalue weighted by Crippen LogP contribution is 2.41. The fourth-order valence-corrected chi connectivity index (χ4v) is 7.23. The predicted octanol–water partition coefficient (Wildman–Crippen LogP) is 11.6. The molecule has 0 bridgehead atoms.